The van der Waals surface area contributed by atoms with Gasteiger partial charge in [-0.2, -0.15) is 0 Å². The van der Waals surface area contributed by atoms with E-state index in [1.165, 1.54) is 5.69 Å². The van der Waals surface area contributed by atoms with Crippen LogP contribution in [0.2, 0.25) is 0 Å². The monoisotopic (exact) mass is 316 g/mol. The number of rotatable bonds is 2. The molecule has 0 spiro atoms. The van der Waals surface area contributed by atoms with E-state index in [-0.39, 0.29) is 18.3 Å². The lowest BCUT2D eigenvalue weighted by atomic mass is 9.79. The van der Waals surface area contributed by atoms with Crippen LogP contribution < -0.4 is 15.7 Å². The summed E-state index contributed by atoms with van der Waals surface area (Å²) in [4.78, 5) is 2.47. The number of piperazine rings is 1. The highest BCUT2D eigenvalue weighted by Crippen LogP contribution is 2.36. The molecule has 1 N–H and O–H groups in total. The van der Waals surface area contributed by atoms with Gasteiger partial charge in [-0.3, -0.25) is 0 Å². The van der Waals surface area contributed by atoms with Gasteiger partial charge in [0.1, 0.15) is 0 Å². The van der Waals surface area contributed by atoms with E-state index >= 15 is 0 Å². The second kappa shape index (κ2) is 5.80. The van der Waals surface area contributed by atoms with Crippen LogP contribution in [-0.4, -0.2) is 43.5 Å². The quantitative estimate of drug-likeness (QED) is 0.848. The molecule has 3 rings (SSSR count). The number of nitrogens with one attached hydrogen (secondary N) is 1. The maximum absolute atomic E-state index is 6.19. The predicted octanol–water partition coefficient (Wildman–Crippen LogP) is 2.17. The first-order valence-corrected chi connectivity index (χ1v) is 8.65. The van der Waals surface area contributed by atoms with Gasteiger partial charge in [-0.1, -0.05) is 12.1 Å². The average Bonchev–Trinajstić information content (AvgIpc) is 2.70. The van der Waals surface area contributed by atoms with Crippen LogP contribution >= 0.6 is 0 Å². The lowest BCUT2D eigenvalue weighted by molar-refractivity contribution is 0.00578. The summed E-state index contributed by atoms with van der Waals surface area (Å²) in [6, 6.07) is 9.60. The van der Waals surface area contributed by atoms with E-state index in [0.717, 1.165) is 18.6 Å². The van der Waals surface area contributed by atoms with Crippen molar-refractivity contribution in [3.8, 4) is 0 Å². The molecule has 1 aromatic rings. The van der Waals surface area contributed by atoms with E-state index in [1.54, 1.807) is 0 Å². The van der Waals surface area contributed by atoms with Crippen molar-refractivity contribution < 1.29 is 9.31 Å². The van der Waals surface area contributed by atoms with Crippen LogP contribution in [0.5, 0.6) is 0 Å². The molecular weight excluding hydrogens is 287 g/mol. The van der Waals surface area contributed by atoms with Crippen molar-refractivity contribution in [2.24, 2.45) is 0 Å². The Bertz CT molecular complexity index is 560. The molecule has 0 saturated carbocycles. The van der Waals surface area contributed by atoms with Crippen molar-refractivity contribution in [3.63, 3.8) is 0 Å². The zero-order valence-corrected chi connectivity index (χ0v) is 15.2. The number of benzene rings is 1. The maximum atomic E-state index is 6.19. The summed E-state index contributed by atoms with van der Waals surface area (Å²) in [6.07, 6.45) is 0. The van der Waals surface area contributed by atoms with E-state index in [9.17, 15) is 0 Å². The van der Waals surface area contributed by atoms with Crippen LogP contribution in [0.1, 0.15) is 41.5 Å². The van der Waals surface area contributed by atoms with Crippen molar-refractivity contribution in [3.05, 3.63) is 24.3 Å². The van der Waals surface area contributed by atoms with Gasteiger partial charge in [0.2, 0.25) is 0 Å². The summed E-state index contributed by atoms with van der Waals surface area (Å²) in [6.45, 7) is 14.9. The van der Waals surface area contributed by atoms with Gasteiger partial charge in [-0.05, 0) is 59.1 Å². The number of hydrogen-bond acceptors (Lipinski definition) is 4. The third-order valence-corrected chi connectivity index (χ3v) is 5.49. The van der Waals surface area contributed by atoms with Gasteiger partial charge in [-0.15, -0.1) is 0 Å². The molecule has 23 heavy (non-hydrogen) atoms. The van der Waals surface area contributed by atoms with E-state index in [1.807, 2.05) is 0 Å². The lowest BCUT2D eigenvalue weighted by Gasteiger charge is -2.39. The first kappa shape index (κ1) is 16.8. The molecule has 0 bridgehead atoms. The summed E-state index contributed by atoms with van der Waals surface area (Å²) in [5.74, 6) is 0. The molecule has 2 saturated heterocycles. The van der Waals surface area contributed by atoms with Crippen molar-refractivity contribution in [1.29, 1.82) is 0 Å². The number of anilines is 1. The van der Waals surface area contributed by atoms with E-state index < -0.39 is 0 Å². The summed E-state index contributed by atoms with van der Waals surface area (Å²) >= 11 is 0. The first-order chi connectivity index (χ1) is 10.7. The Morgan fingerprint density at radius 1 is 1.13 bits per heavy atom. The van der Waals surface area contributed by atoms with Gasteiger partial charge in [0, 0.05) is 30.9 Å². The SMILES string of the molecule is CC1CN(c2cccc(B3OC(C)(C)C(C)(C)O3)c2)C(C)CN1. The largest absolute Gasteiger partial charge is 0.494 e. The normalized spacial score (nSPS) is 29.8. The third-order valence-electron chi connectivity index (χ3n) is 5.49. The van der Waals surface area contributed by atoms with Crippen molar-refractivity contribution in [2.45, 2.75) is 64.8 Å². The summed E-state index contributed by atoms with van der Waals surface area (Å²) < 4.78 is 12.4. The molecule has 0 aromatic heterocycles. The minimum absolute atomic E-state index is 0.296. The molecular formula is C18H29BN2O2. The molecule has 2 fully saturated rings. The van der Waals surface area contributed by atoms with Crippen LogP contribution in [0.15, 0.2) is 24.3 Å². The number of hydrogen-bond donors (Lipinski definition) is 1. The Balaban J connectivity index is 1.84. The molecule has 2 aliphatic heterocycles. The molecule has 0 aliphatic carbocycles. The first-order valence-electron chi connectivity index (χ1n) is 8.65. The Morgan fingerprint density at radius 2 is 1.78 bits per heavy atom. The van der Waals surface area contributed by atoms with Crippen LogP contribution in [0.3, 0.4) is 0 Å². The zero-order valence-electron chi connectivity index (χ0n) is 15.2. The molecule has 0 amide bonds. The number of nitrogens with zero attached hydrogens (tertiary/aromatic N) is 1. The van der Waals surface area contributed by atoms with Crippen LogP contribution in [-0.2, 0) is 9.31 Å². The molecule has 1 aromatic carbocycles. The highest BCUT2D eigenvalue weighted by molar-refractivity contribution is 6.62. The Hall–Kier alpha value is -1.04. The maximum Gasteiger partial charge on any atom is 0.494 e. The Labute approximate surface area is 140 Å². The topological polar surface area (TPSA) is 33.7 Å². The minimum atomic E-state index is -0.301. The third kappa shape index (κ3) is 3.15. The molecule has 4 nitrogen and oxygen atoms in total. The van der Waals surface area contributed by atoms with Gasteiger partial charge in [0.25, 0.3) is 0 Å². The average molecular weight is 316 g/mol. The smallest absolute Gasteiger partial charge is 0.399 e. The van der Waals surface area contributed by atoms with Gasteiger partial charge in [0.05, 0.1) is 11.2 Å². The van der Waals surface area contributed by atoms with Crippen molar-refractivity contribution in [2.75, 3.05) is 18.0 Å². The summed E-state index contributed by atoms with van der Waals surface area (Å²) in [5.41, 5.74) is 1.74. The highest BCUT2D eigenvalue weighted by Gasteiger charge is 2.51. The summed E-state index contributed by atoms with van der Waals surface area (Å²) in [5, 5.41) is 3.53. The molecule has 126 valence electrons. The fourth-order valence-electron chi connectivity index (χ4n) is 3.21. The predicted molar refractivity (Wildman–Crippen MR) is 96.4 cm³/mol. The molecule has 5 heteroatoms. The van der Waals surface area contributed by atoms with Crippen molar-refractivity contribution >= 4 is 18.3 Å². The van der Waals surface area contributed by atoms with Crippen molar-refractivity contribution in [1.82, 2.24) is 5.32 Å². The van der Waals surface area contributed by atoms with Gasteiger partial charge in [-0.25, -0.2) is 0 Å². The van der Waals surface area contributed by atoms with E-state index in [4.69, 9.17) is 9.31 Å². The van der Waals surface area contributed by atoms with Crippen LogP contribution in [0.25, 0.3) is 0 Å². The summed E-state index contributed by atoms with van der Waals surface area (Å²) in [7, 11) is -0.296. The lowest BCUT2D eigenvalue weighted by Crippen LogP contribution is -2.54. The Morgan fingerprint density at radius 3 is 2.43 bits per heavy atom. The second-order valence-corrected chi connectivity index (χ2v) is 7.99. The fourth-order valence-corrected chi connectivity index (χ4v) is 3.21. The fraction of sp³-hybridized carbons (Fsp3) is 0.667. The molecule has 2 atom stereocenters. The van der Waals surface area contributed by atoms with Crippen LogP contribution in [0, 0.1) is 0 Å². The van der Waals surface area contributed by atoms with Crippen LogP contribution in [0.4, 0.5) is 5.69 Å². The van der Waals surface area contributed by atoms with Gasteiger partial charge in [0.15, 0.2) is 0 Å². The standard InChI is InChI=1S/C18H29BN2O2/c1-13-12-21(14(2)11-20-13)16-9-7-8-15(10-16)19-22-17(3,4)18(5,6)23-19/h7-10,13-14,20H,11-12H2,1-6H3. The molecule has 2 heterocycles. The van der Waals surface area contributed by atoms with Gasteiger partial charge >= 0.3 is 7.12 Å². The molecule has 0 radical (unpaired) electrons. The molecule has 2 aliphatic rings. The Kier molecular flexibility index (Phi) is 4.24. The highest BCUT2D eigenvalue weighted by atomic mass is 16.7. The van der Waals surface area contributed by atoms with Gasteiger partial charge < -0.3 is 19.5 Å². The van der Waals surface area contributed by atoms with E-state index in [2.05, 4.69) is 76.0 Å². The second-order valence-electron chi connectivity index (χ2n) is 7.99. The zero-order chi connectivity index (χ0) is 16.8. The minimum Gasteiger partial charge on any atom is -0.399 e. The molecule has 2 unspecified atom stereocenters. The van der Waals surface area contributed by atoms with E-state index in [0.29, 0.717) is 12.1 Å².